The first-order chi connectivity index (χ1) is 15.5. The molecule has 0 atom stereocenters. The van der Waals surface area contributed by atoms with Gasteiger partial charge in [-0.25, -0.2) is 15.0 Å². The highest BCUT2D eigenvalue weighted by Crippen LogP contribution is 2.36. The number of rotatable bonds is 5. The maximum atomic E-state index is 13.0. The van der Waals surface area contributed by atoms with Crippen LogP contribution in [0.25, 0.3) is 5.65 Å². The Morgan fingerprint density at radius 1 is 1.19 bits per heavy atom. The third kappa shape index (κ3) is 3.75. The molecular weight excluding hydrogens is 408 g/mol. The number of piperidine rings is 1. The molecule has 1 amide bonds. The van der Waals surface area contributed by atoms with Gasteiger partial charge in [-0.2, -0.15) is 4.98 Å². The minimum absolute atomic E-state index is 0.286. The maximum absolute atomic E-state index is 13.0. The predicted molar refractivity (Wildman–Crippen MR) is 120 cm³/mol. The second-order valence-electron chi connectivity index (χ2n) is 8.69. The smallest absolute Gasteiger partial charge is 0.263 e. The number of imidazole rings is 1. The molecule has 0 aromatic carbocycles. The number of carbonyl (C=O) groups excluding carboxylic acids is 1. The number of ether oxygens (including phenoxy) is 1. The van der Waals surface area contributed by atoms with E-state index in [0.29, 0.717) is 23.8 Å². The first-order valence-electron chi connectivity index (χ1n) is 11.1. The lowest BCUT2D eigenvalue weighted by Gasteiger charge is -2.48. The summed E-state index contributed by atoms with van der Waals surface area (Å²) in [6.45, 7) is 10.1. The first kappa shape index (κ1) is 20.6. The zero-order valence-electron chi connectivity index (χ0n) is 18.7. The summed E-state index contributed by atoms with van der Waals surface area (Å²) >= 11 is 0. The van der Waals surface area contributed by atoms with Gasteiger partial charge in [0.2, 0.25) is 11.8 Å². The van der Waals surface area contributed by atoms with Crippen molar-refractivity contribution in [1.82, 2.24) is 29.7 Å². The fourth-order valence-electron chi connectivity index (χ4n) is 4.44. The van der Waals surface area contributed by atoms with Crippen molar-refractivity contribution in [2.24, 2.45) is 5.41 Å². The van der Waals surface area contributed by atoms with Crippen LogP contribution in [0, 0.1) is 19.3 Å². The van der Waals surface area contributed by atoms with E-state index in [1.807, 2.05) is 31.4 Å². The zero-order valence-corrected chi connectivity index (χ0v) is 18.7. The minimum atomic E-state index is -0.360. The SMILES string of the molecule is CCOc1nc(N2CCC3(CC2)CNC3)ncc1C(=O)Nc1cn2cc(C)nc2c(C)n1. The molecule has 0 aliphatic carbocycles. The number of aromatic nitrogens is 5. The van der Waals surface area contributed by atoms with Crippen molar-refractivity contribution in [3.05, 3.63) is 35.5 Å². The Kier molecular flexibility index (Phi) is 5.16. The topological polar surface area (TPSA) is 110 Å². The molecular formula is C22H28N8O2. The molecule has 0 saturated carbocycles. The molecule has 3 aromatic rings. The number of hydrogen-bond donors (Lipinski definition) is 2. The molecule has 32 heavy (non-hydrogen) atoms. The Balaban J connectivity index is 1.36. The molecule has 10 nitrogen and oxygen atoms in total. The van der Waals surface area contributed by atoms with Gasteiger partial charge in [-0.05, 0) is 39.0 Å². The lowest BCUT2D eigenvalue weighted by molar-refractivity contribution is 0.102. The molecule has 0 unspecified atom stereocenters. The molecule has 5 heterocycles. The van der Waals surface area contributed by atoms with Crippen molar-refractivity contribution in [3.63, 3.8) is 0 Å². The standard InChI is InChI=1S/C22H28N8O2/c1-4-32-20-16(9-24-21(28-20)29-7-5-22(6-8-29)12-23-13-22)19(31)27-17-11-30-10-14(2)25-18(30)15(3)26-17/h9-11,23H,4-8,12-13H2,1-3H3,(H,27,31). The van der Waals surface area contributed by atoms with Crippen molar-refractivity contribution < 1.29 is 9.53 Å². The molecule has 1 spiro atoms. The van der Waals surface area contributed by atoms with Crippen molar-refractivity contribution >= 4 is 23.3 Å². The second kappa shape index (κ2) is 8.01. The quantitative estimate of drug-likeness (QED) is 0.625. The minimum Gasteiger partial charge on any atom is -0.477 e. The van der Waals surface area contributed by atoms with E-state index in [-0.39, 0.29) is 17.4 Å². The molecule has 0 radical (unpaired) electrons. The van der Waals surface area contributed by atoms with Crippen molar-refractivity contribution in [3.8, 4) is 5.88 Å². The van der Waals surface area contributed by atoms with Crippen LogP contribution in [-0.2, 0) is 0 Å². The molecule has 2 aliphatic rings. The number of nitrogens with one attached hydrogen (secondary N) is 2. The van der Waals surface area contributed by atoms with Gasteiger partial charge in [0, 0.05) is 38.6 Å². The van der Waals surface area contributed by atoms with E-state index in [0.717, 1.165) is 56.1 Å². The molecule has 0 bridgehead atoms. The molecule has 3 aromatic heterocycles. The number of carbonyl (C=O) groups is 1. The lowest BCUT2D eigenvalue weighted by Crippen LogP contribution is -2.58. The van der Waals surface area contributed by atoms with Crippen LogP contribution >= 0.6 is 0 Å². The summed E-state index contributed by atoms with van der Waals surface area (Å²) in [5, 5.41) is 6.23. The van der Waals surface area contributed by atoms with E-state index in [1.54, 1.807) is 12.4 Å². The third-order valence-electron chi connectivity index (χ3n) is 6.34. The van der Waals surface area contributed by atoms with Gasteiger partial charge in [0.25, 0.3) is 5.91 Å². The van der Waals surface area contributed by atoms with E-state index in [2.05, 4.69) is 35.5 Å². The number of hydrogen-bond acceptors (Lipinski definition) is 8. The third-order valence-corrected chi connectivity index (χ3v) is 6.34. The van der Waals surface area contributed by atoms with Crippen LogP contribution in [0.3, 0.4) is 0 Å². The molecule has 2 fully saturated rings. The van der Waals surface area contributed by atoms with E-state index in [4.69, 9.17) is 4.74 Å². The Hall–Kier alpha value is -3.27. The Bertz CT molecular complexity index is 1160. The van der Waals surface area contributed by atoms with Gasteiger partial charge in [0.1, 0.15) is 11.4 Å². The molecule has 2 saturated heterocycles. The highest BCUT2D eigenvalue weighted by atomic mass is 16.5. The summed E-state index contributed by atoms with van der Waals surface area (Å²) in [6.07, 6.45) is 7.43. The van der Waals surface area contributed by atoms with E-state index < -0.39 is 0 Å². The van der Waals surface area contributed by atoms with Crippen molar-refractivity contribution in [2.75, 3.05) is 43.0 Å². The summed E-state index contributed by atoms with van der Waals surface area (Å²) in [7, 11) is 0. The van der Waals surface area contributed by atoms with Crippen LogP contribution < -0.4 is 20.3 Å². The van der Waals surface area contributed by atoms with Gasteiger partial charge in [0.05, 0.1) is 24.2 Å². The average molecular weight is 437 g/mol. The van der Waals surface area contributed by atoms with Crippen LogP contribution in [0.2, 0.25) is 0 Å². The summed E-state index contributed by atoms with van der Waals surface area (Å²) in [6, 6.07) is 0. The Morgan fingerprint density at radius 3 is 2.66 bits per heavy atom. The monoisotopic (exact) mass is 436 g/mol. The second-order valence-corrected chi connectivity index (χ2v) is 8.69. The molecule has 168 valence electrons. The normalized spacial score (nSPS) is 17.4. The summed E-state index contributed by atoms with van der Waals surface area (Å²) < 4.78 is 7.57. The Labute approximate surface area is 186 Å². The van der Waals surface area contributed by atoms with Crippen LogP contribution in [-0.4, -0.2) is 63.0 Å². The average Bonchev–Trinajstić information content (AvgIpc) is 3.13. The molecule has 5 rings (SSSR count). The van der Waals surface area contributed by atoms with Gasteiger partial charge in [-0.15, -0.1) is 0 Å². The van der Waals surface area contributed by atoms with Gasteiger partial charge in [0.15, 0.2) is 5.65 Å². The highest BCUT2D eigenvalue weighted by molar-refractivity contribution is 6.05. The maximum Gasteiger partial charge on any atom is 0.263 e. The van der Waals surface area contributed by atoms with E-state index >= 15 is 0 Å². The zero-order chi connectivity index (χ0) is 22.3. The van der Waals surface area contributed by atoms with E-state index in [9.17, 15) is 4.79 Å². The molecule has 10 heteroatoms. The summed E-state index contributed by atoms with van der Waals surface area (Å²) in [4.78, 5) is 33.2. The number of aryl methyl sites for hydroxylation is 2. The first-order valence-corrected chi connectivity index (χ1v) is 11.1. The van der Waals surface area contributed by atoms with Crippen molar-refractivity contribution in [1.29, 1.82) is 0 Å². The van der Waals surface area contributed by atoms with Crippen molar-refractivity contribution in [2.45, 2.75) is 33.6 Å². The van der Waals surface area contributed by atoms with Crippen LogP contribution in [0.1, 0.15) is 41.5 Å². The fraction of sp³-hybridized carbons (Fsp3) is 0.500. The fourth-order valence-corrected chi connectivity index (χ4v) is 4.44. The van der Waals surface area contributed by atoms with E-state index in [1.165, 1.54) is 0 Å². The molecule has 2 aliphatic heterocycles. The van der Waals surface area contributed by atoms with Gasteiger partial charge in [-0.3, -0.25) is 4.79 Å². The van der Waals surface area contributed by atoms with Gasteiger partial charge in [-0.1, -0.05) is 0 Å². The Morgan fingerprint density at radius 2 is 1.97 bits per heavy atom. The molecule has 2 N–H and O–H groups in total. The number of amides is 1. The lowest BCUT2D eigenvalue weighted by atomic mass is 9.73. The largest absolute Gasteiger partial charge is 0.477 e. The number of anilines is 2. The number of fused-ring (bicyclic) bond motifs is 1. The summed E-state index contributed by atoms with van der Waals surface area (Å²) in [5.41, 5.74) is 3.12. The van der Waals surface area contributed by atoms with Crippen LogP contribution in [0.5, 0.6) is 5.88 Å². The van der Waals surface area contributed by atoms with Gasteiger partial charge < -0.3 is 24.7 Å². The highest BCUT2D eigenvalue weighted by Gasteiger charge is 2.40. The number of nitrogens with zero attached hydrogens (tertiary/aromatic N) is 6. The van der Waals surface area contributed by atoms with Gasteiger partial charge >= 0.3 is 0 Å². The van der Waals surface area contributed by atoms with Crippen LogP contribution in [0.4, 0.5) is 11.8 Å². The summed E-state index contributed by atoms with van der Waals surface area (Å²) in [5.74, 6) is 0.967. The van der Waals surface area contributed by atoms with Crippen LogP contribution in [0.15, 0.2) is 18.6 Å². The predicted octanol–water partition coefficient (Wildman–Crippen LogP) is 1.98.